The van der Waals surface area contributed by atoms with E-state index in [9.17, 15) is 19.1 Å². The van der Waals surface area contributed by atoms with Crippen LogP contribution in [0.5, 0.6) is 0 Å². The fourth-order valence-electron chi connectivity index (χ4n) is 4.88. The first kappa shape index (κ1) is 30.1. The summed E-state index contributed by atoms with van der Waals surface area (Å²) in [5, 5.41) is 13.6. The highest BCUT2D eigenvalue weighted by molar-refractivity contribution is 5.96. The minimum atomic E-state index is -1.55. The Morgan fingerprint density at radius 1 is 1.20 bits per heavy atom. The number of ether oxygens (including phenoxy) is 2. The van der Waals surface area contributed by atoms with E-state index in [2.05, 4.69) is 33.1 Å². The molecule has 0 aliphatic carbocycles. The maximum Gasteiger partial charge on any atom is 0.338 e. The van der Waals surface area contributed by atoms with Crippen molar-refractivity contribution in [2.75, 3.05) is 18.5 Å². The number of hydrogen-bond donors (Lipinski definition) is 2. The summed E-state index contributed by atoms with van der Waals surface area (Å²) < 4.78 is 27.2. The number of hydrogen-bond acceptors (Lipinski definition) is 8. The number of nitrogens with one attached hydrogen (secondary N) is 1. The van der Waals surface area contributed by atoms with Crippen molar-refractivity contribution in [2.24, 2.45) is 0 Å². The summed E-state index contributed by atoms with van der Waals surface area (Å²) in [5.41, 5.74) is -0.834. The first-order chi connectivity index (χ1) is 19.9. The predicted molar refractivity (Wildman–Crippen MR) is 150 cm³/mol. The molecule has 1 aliphatic heterocycles. The van der Waals surface area contributed by atoms with Crippen LogP contribution >= 0.6 is 0 Å². The zero-order valence-electron chi connectivity index (χ0n) is 23.2. The van der Waals surface area contributed by atoms with Gasteiger partial charge in [0.15, 0.2) is 22.6 Å². The van der Waals surface area contributed by atoms with Crippen molar-refractivity contribution < 1.29 is 28.6 Å². The number of halogens is 1. The number of nitrogens with zero attached hydrogens (tertiary/aromatic N) is 4. The summed E-state index contributed by atoms with van der Waals surface area (Å²) >= 11 is 0. The largest absolute Gasteiger partial charge is 0.458 e. The Balaban J connectivity index is 1.38. The Morgan fingerprint density at radius 3 is 2.63 bits per heavy atom. The Bertz CT molecular complexity index is 1370. The van der Waals surface area contributed by atoms with Gasteiger partial charge in [-0.05, 0) is 18.6 Å². The minimum absolute atomic E-state index is 0.0118. The van der Waals surface area contributed by atoms with Gasteiger partial charge in [-0.2, -0.15) is 14.4 Å². The lowest BCUT2D eigenvalue weighted by atomic mass is 9.89. The summed E-state index contributed by atoms with van der Waals surface area (Å²) in [6.07, 6.45) is 12.9. The Morgan fingerprint density at radius 2 is 1.93 bits per heavy atom. The number of aliphatic hydroxyl groups is 1. The van der Waals surface area contributed by atoms with Crippen LogP contribution in [-0.2, 0) is 14.3 Å². The number of benzene rings is 1. The summed E-state index contributed by atoms with van der Waals surface area (Å²) in [4.78, 5) is 36.9. The standard InChI is InChI=1S/C30H36FN5O5/c1-3-5-6-7-8-9-13-16-24(38)33-26-25-27(35-29(31)34-26)36(20-32-25)22-17-23(37)30(4-2,41-18-22)19-40-28(39)21-14-11-10-12-15-21/h2,10-12,14-15,20,22-23,37H,3,5-9,13,16-19H2,1H3,(H,33,34,35,38)/t22?,23-,30?/m0/s1. The fraction of sp³-hybridized carbons (Fsp3) is 0.500. The maximum atomic E-state index is 14.4. The van der Waals surface area contributed by atoms with Crippen molar-refractivity contribution in [2.45, 2.75) is 82.5 Å². The SMILES string of the molecule is C#CC1(COC(=O)c2ccccc2)OCC(n2cnc3c(NC(=O)CCCCCCCCC)nc(F)nc32)C[C@@H]1O. The van der Waals surface area contributed by atoms with Crippen LogP contribution in [0, 0.1) is 18.4 Å². The third kappa shape index (κ3) is 7.45. The van der Waals surface area contributed by atoms with E-state index in [0.717, 1.165) is 25.7 Å². The third-order valence-electron chi connectivity index (χ3n) is 7.29. The zero-order valence-corrected chi connectivity index (χ0v) is 23.2. The van der Waals surface area contributed by atoms with Crippen molar-refractivity contribution in [1.29, 1.82) is 0 Å². The molecule has 0 saturated carbocycles. The molecule has 1 aromatic carbocycles. The molecule has 1 saturated heterocycles. The summed E-state index contributed by atoms with van der Waals surface area (Å²) in [7, 11) is 0. The van der Waals surface area contributed by atoms with E-state index in [0.29, 0.717) is 12.0 Å². The number of carbonyl (C=O) groups excluding carboxylic acids is 2. The van der Waals surface area contributed by atoms with Crippen LogP contribution in [0.25, 0.3) is 11.2 Å². The molecule has 3 heterocycles. The first-order valence-corrected chi connectivity index (χ1v) is 14.1. The number of anilines is 1. The normalized spacial score (nSPS) is 20.4. The number of fused-ring (bicyclic) bond motifs is 1. The van der Waals surface area contributed by atoms with E-state index in [1.165, 1.54) is 25.6 Å². The lowest BCUT2D eigenvalue weighted by molar-refractivity contribution is -0.155. The van der Waals surface area contributed by atoms with Crippen LogP contribution in [0.15, 0.2) is 36.7 Å². The molecule has 41 heavy (non-hydrogen) atoms. The topological polar surface area (TPSA) is 128 Å². The van der Waals surface area contributed by atoms with E-state index < -0.39 is 29.8 Å². The molecule has 0 bridgehead atoms. The Labute approximate surface area is 238 Å². The van der Waals surface area contributed by atoms with Crippen molar-refractivity contribution >= 4 is 28.9 Å². The second-order valence-corrected chi connectivity index (χ2v) is 10.3. The second kappa shape index (κ2) is 14.1. The number of rotatable bonds is 13. The molecule has 2 aromatic heterocycles. The van der Waals surface area contributed by atoms with E-state index in [1.54, 1.807) is 34.9 Å². The van der Waals surface area contributed by atoms with E-state index in [1.807, 2.05) is 0 Å². The Kier molecular flexibility index (Phi) is 10.4. The summed E-state index contributed by atoms with van der Waals surface area (Å²) in [6, 6.07) is 7.90. The third-order valence-corrected chi connectivity index (χ3v) is 7.29. The predicted octanol–water partition coefficient (Wildman–Crippen LogP) is 4.60. The molecule has 0 spiro atoms. The van der Waals surface area contributed by atoms with Gasteiger partial charge < -0.3 is 24.5 Å². The number of amides is 1. The molecular weight excluding hydrogens is 529 g/mol. The minimum Gasteiger partial charge on any atom is -0.458 e. The maximum absolute atomic E-state index is 14.4. The lowest BCUT2D eigenvalue weighted by Gasteiger charge is -2.40. The quantitative estimate of drug-likeness (QED) is 0.133. The Hall–Kier alpha value is -3.88. The van der Waals surface area contributed by atoms with Crippen LogP contribution in [0.2, 0.25) is 0 Å². The van der Waals surface area contributed by atoms with Gasteiger partial charge in [0.2, 0.25) is 5.91 Å². The van der Waals surface area contributed by atoms with Gasteiger partial charge in [-0.1, -0.05) is 69.6 Å². The molecule has 0 radical (unpaired) electrons. The van der Waals surface area contributed by atoms with Crippen molar-refractivity contribution in [3.05, 3.63) is 48.3 Å². The van der Waals surface area contributed by atoms with E-state index in [4.69, 9.17) is 15.9 Å². The highest BCUT2D eigenvalue weighted by Crippen LogP contribution is 2.34. The molecule has 11 heteroatoms. The van der Waals surface area contributed by atoms with Gasteiger partial charge in [-0.25, -0.2) is 9.78 Å². The molecule has 4 rings (SSSR count). The highest BCUT2D eigenvalue weighted by Gasteiger charge is 2.45. The monoisotopic (exact) mass is 565 g/mol. The number of aliphatic hydroxyl groups excluding tert-OH is 1. The van der Waals surface area contributed by atoms with Crippen LogP contribution in [0.4, 0.5) is 10.2 Å². The van der Waals surface area contributed by atoms with Gasteiger partial charge >= 0.3 is 12.0 Å². The van der Waals surface area contributed by atoms with Crippen LogP contribution in [0.1, 0.15) is 81.1 Å². The molecule has 218 valence electrons. The average molecular weight is 566 g/mol. The molecule has 2 unspecified atom stereocenters. The number of aromatic nitrogens is 4. The number of unbranched alkanes of at least 4 members (excludes halogenated alkanes) is 6. The molecular formula is C30H36FN5O5. The van der Waals surface area contributed by atoms with E-state index in [-0.39, 0.29) is 42.5 Å². The van der Waals surface area contributed by atoms with Crippen LogP contribution in [-0.4, -0.2) is 61.4 Å². The van der Waals surface area contributed by atoms with Gasteiger partial charge in [0.25, 0.3) is 0 Å². The molecule has 1 amide bonds. The average Bonchev–Trinajstić information content (AvgIpc) is 3.40. The summed E-state index contributed by atoms with van der Waals surface area (Å²) in [5.74, 6) is 1.57. The highest BCUT2D eigenvalue weighted by atomic mass is 19.1. The molecule has 3 atom stereocenters. The van der Waals surface area contributed by atoms with Gasteiger partial charge in [-0.15, -0.1) is 6.42 Å². The van der Waals surface area contributed by atoms with Gasteiger partial charge in [-0.3, -0.25) is 4.79 Å². The number of terminal acetylenes is 1. The van der Waals surface area contributed by atoms with Crippen LogP contribution in [0.3, 0.4) is 0 Å². The van der Waals surface area contributed by atoms with Gasteiger partial charge in [0.1, 0.15) is 6.61 Å². The molecule has 1 fully saturated rings. The zero-order chi connectivity index (χ0) is 29.2. The lowest BCUT2D eigenvalue weighted by Crippen LogP contribution is -2.53. The number of carbonyl (C=O) groups is 2. The smallest absolute Gasteiger partial charge is 0.338 e. The van der Waals surface area contributed by atoms with Gasteiger partial charge in [0, 0.05) is 12.8 Å². The molecule has 10 nitrogen and oxygen atoms in total. The van der Waals surface area contributed by atoms with Crippen LogP contribution < -0.4 is 5.32 Å². The fourth-order valence-corrected chi connectivity index (χ4v) is 4.88. The summed E-state index contributed by atoms with van der Waals surface area (Å²) in [6.45, 7) is 1.84. The molecule has 1 aliphatic rings. The molecule has 3 aromatic rings. The second-order valence-electron chi connectivity index (χ2n) is 10.3. The number of imidazole rings is 1. The van der Waals surface area contributed by atoms with Crippen molar-refractivity contribution in [3.63, 3.8) is 0 Å². The molecule has 2 N–H and O–H groups in total. The van der Waals surface area contributed by atoms with Crippen molar-refractivity contribution in [3.8, 4) is 12.3 Å². The number of esters is 1. The first-order valence-electron chi connectivity index (χ1n) is 14.1. The van der Waals surface area contributed by atoms with E-state index >= 15 is 0 Å². The van der Waals surface area contributed by atoms with Crippen molar-refractivity contribution in [1.82, 2.24) is 19.5 Å². The van der Waals surface area contributed by atoms with Gasteiger partial charge in [0.05, 0.1) is 30.6 Å².